The first-order valence-electron chi connectivity index (χ1n) is 5.52. The molecule has 5 heteroatoms. The molecule has 1 aromatic carbocycles. The zero-order valence-corrected chi connectivity index (χ0v) is 10.9. The number of hydrogen-bond acceptors (Lipinski definition) is 4. The molecule has 2 aromatic rings. The van der Waals surface area contributed by atoms with E-state index in [0.29, 0.717) is 6.01 Å². The molecule has 0 spiro atoms. The summed E-state index contributed by atoms with van der Waals surface area (Å²) in [5.74, 6) is 1.56. The molecule has 0 fully saturated rings. The second kappa shape index (κ2) is 5.00. The van der Waals surface area contributed by atoms with Gasteiger partial charge in [0.2, 0.25) is 0 Å². The van der Waals surface area contributed by atoms with Crippen LogP contribution in [-0.4, -0.2) is 31.3 Å². The highest BCUT2D eigenvalue weighted by molar-refractivity contribution is 5.71. The summed E-state index contributed by atoms with van der Waals surface area (Å²) in [6, 6.07) is 4.30. The summed E-state index contributed by atoms with van der Waals surface area (Å²) in [5.41, 5.74) is 2.71. The van der Waals surface area contributed by atoms with E-state index in [1.54, 1.807) is 27.5 Å². The van der Waals surface area contributed by atoms with Gasteiger partial charge in [0.1, 0.15) is 11.5 Å². The maximum Gasteiger partial charge on any atom is 0.293 e. The summed E-state index contributed by atoms with van der Waals surface area (Å²) in [5, 5.41) is 0. The number of aromatic nitrogens is 2. The molecule has 0 unspecified atom stereocenters. The van der Waals surface area contributed by atoms with Crippen LogP contribution >= 0.6 is 0 Å². The lowest BCUT2D eigenvalue weighted by molar-refractivity contribution is 0.384. The van der Waals surface area contributed by atoms with Gasteiger partial charge >= 0.3 is 0 Å². The zero-order chi connectivity index (χ0) is 13.1. The molecular weight excluding hydrogens is 232 g/mol. The minimum absolute atomic E-state index is 0.473. The number of nitrogens with zero attached hydrogens (tertiary/aromatic N) is 1. The Morgan fingerprint density at radius 2 is 1.83 bits per heavy atom. The highest BCUT2D eigenvalue weighted by Crippen LogP contribution is 2.37. The van der Waals surface area contributed by atoms with Crippen molar-refractivity contribution in [3.05, 3.63) is 23.9 Å². The third kappa shape index (κ3) is 1.99. The van der Waals surface area contributed by atoms with Gasteiger partial charge in [0.25, 0.3) is 6.01 Å². The van der Waals surface area contributed by atoms with Gasteiger partial charge in [-0.15, -0.1) is 0 Å². The molecule has 0 saturated carbocycles. The van der Waals surface area contributed by atoms with Crippen LogP contribution in [0, 0.1) is 6.92 Å². The van der Waals surface area contributed by atoms with Crippen molar-refractivity contribution in [3.63, 3.8) is 0 Å². The summed E-state index contributed by atoms with van der Waals surface area (Å²) in [4.78, 5) is 7.16. The van der Waals surface area contributed by atoms with Crippen molar-refractivity contribution in [2.24, 2.45) is 0 Å². The number of aromatic amines is 1. The Bertz CT molecular complexity index is 549. The molecule has 1 heterocycles. The molecular formula is C13H16N2O3. The quantitative estimate of drug-likeness (QED) is 0.902. The SMILES string of the molecule is COc1ncc(-c2ccc(OC)c(C)c2OC)[nH]1. The first-order chi connectivity index (χ1) is 8.71. The van der Waals surface area contributed by atoms with Crippen LogP contribution in [-0.2, 0) is 0 Å². The maximum atomic E-state index is 5.45. The predicted octanol–water partition coefficient (Wildman–Crippen LogP) is 2.41. The summed E-state index contributed by atoms with van der Waals surface area (Å²) in [6.45, 7) is 1.95. The fourth-order valence-electron chi connectivity index (χ4n) is 1.91. The molecule has 0 aliphatic heterocycles. The number of methoxy groups -OCH3 is 3. The van der Waals surface area contributed by atoms with Gasteiger partial charge in [-0.05, 0) is 19.1 Å². The molecule has 0 amide bonds. The lowest BCUT2D eigenvalue weighted by Gasteiger charge is -2.13. The average molecular weight is 248 g/mol. The van der Waals surface area contributed by atoms with Gasteiger partial charge < -0.3 is 19.2 Å². The van der Waals surface area contributed by atoms with Gasteiger partial charge in [0, 0.05) is 11.1 Å². The van der Waals surface area contributed by atoms with Crippen molar-refractivity contribution >= 4 is 0 Å². The topological polar surface area (TPSA) is 56.4 Å². The van der Waals surface area contributed by atoms with Crippen LogP contribution in [0.1, 0.15) is 5.56 Å². The first kappa shape index (κ1) is 12.3. The van der Waals surface area contributed by atoms with E-state index >= 15 is 0 Å². The lowest BCUT2D eigenvalue weighted by Crippen LogP contribution is -1.95. The van der Waals surface area contributed by atoms with Crippen molar-refractivity contribution in [1.29, 1.82) is 0 Å². The normalized spacial score (nSPS) is 10.2. The highest BCUT2D eigenvalue weighted by atomic mass is 16.5. The van der Waals surface area contributed by atoms with Crippen LogP contribution in [0.15, 0.2) is 18.3 Å². The van der Waals surface area contributed by atoms with E-state index in [1.165, 1.54) is 0 Å². The van der Waals surface area contributed by atoms with Gasteiger partial charge in [0.05, 0.1) is 33.2 Å². The third-order valence-corrected chi connectivity index (χ3v) is 2.82. The van der Waals surface area contributed by atoms with Gasteiger partial charge in [-0.3, -0.25) is 0 Å². The van der Waals surface area contributed by atoms with Crippen LogP contribution in [0.2, 0.25) is 0 Å². The van der Waals surface area contributed by atoms with Gasteiger partial charge in [0.15, 0.2) is 0 Å². The molecule has 0 bridgehead atoms. The molecule has 0 aliphatic carbocycles. The van der Waals surface area contributed by atoms with E-state index in [0.717, 1.165) is 28.3 Å². The Labute approximate surface area is 106 Å². The Kier molecular flexibility index (Phi) is 3.41. The van der Waals surface area contributed by atoms with E-state index in [9.17, 15) is 0 Å². The molecule has 18 heavy (non-hydrogen) atoms. The molecule has 96 valence electrons. The van der Waals surface area contributed by atoms with Crippen molar-refractivity contribution in [2.75, 3.05) is 21.3 Å². The van der Waals surface area contributed by atoms with Crippen LogP contribution in [0.3, 0.4) is 0 Å². The van der Waals surface area contributed by atoms with E-state index < -0.39 is 0 Å². The fourth-order valence-corrected chi connectivity index (χ4v) is 1.91. The number of imidazole rings is 1. The fraction of sp³-hybridized carbons (Fsp3) is 0.308. The van der Waals surface area contributed by atoms with Crippen LogP contribution < -0.4 is 14.2 Å². The molecule has 2 rings (SSSR count). The molecule has 1 N–H and O–H groups in total. The number of ether oxygens (including phenoxy) is 3. The first-order valence-corrected chi connectivity index (χ1v) is 5.52. The van der Waals surface area contributed by atoms with E-state index in [-0.39, 0.29) is 0 Å². The predicted molar refractivity (Wildman–Crippen MR) is 68.4 cm³/mol. The Hall–Kier alpha value is -2.17. The second-order valence-electron chi connectivity index (χ2n) is 3.78. The Balaban J connectivity index is 2.53. The zero-order valence-electron chi connectivity index (χ0n) is 10.9. The number of nitrogens with one attached hydrogen (secondary N) is 1. The van der Waals surface area contributed by atoms with Gasteiger partial charge in [-0.2, -0.15) is 0 Å². The number of H-pyrrole nitrogens is 1. The third-order valence-electron chi connectivity index (χ3n) is 2.82. The second-order valence-corrected chi connectivity index (χ2v) is 3.78. The largest absolute Gasteiger partial charge is 0.496 e. The van der Waals surface area contributed by atoms with E-state index in [2.05, 4.69) is 9.97 Å². The van der Waals surface area contributed by atoms with Crippen molar-refractivity contribution in [3.8, 4) is 28.8 Å². The monoisotopic (exact) mass is 248 g/mol. The molecule has 0 radical (unpaired) electrons. The highest BCUT2D eigenvalue weighted by Gasteiger charge is 2.14. The minimum Gasteiger partial charge on any atom is -0.496 e. The summed E-state index contributed by atoms with van der Waals surface area (Å²) in [6.07, 6.45) is 1.71. The average Bonchev–Trinajstić information content (AvgIpc) is 2.87. The van der Waals surface area contributed by atoms with Crippen molar-refractivity contribution < 1.29 is 14.2 Å². The van der Waals surface area contributed by atoms with Crippen molar-refractivity contribution in [1.82, 2.24) is 9.97 Å². The number of hydrogen-bond donors (Lipinski definition) is 1. The molecule has 0 saturated heterocycles. The Morgan fingerprint density at radius 1 is 1.06 bits per heavy atom. The summed E-state index contributed by atoms with van der Waals surface area (Å²) < 4.78 is 15.8. The maximum absolute atomic E-state index is 5.45. The molecule has 0 aliphatic rings. The molecule has 5 nitrogen and oxygen atoms in total. The standard InChI is InChI=1S/C13H16N2O3/c1-8-11(16-2)6-5-9(12(8)17-3)10-7-14-13(15-10)18-4/h5-7H,1-4H3,(H,14,15). The van der Waals surface area contributed by atoms with E-state index in [4.69, 9.17) is 14.2 Å². The van der Waals surface area contributed by atoms with E-state index in [1.807, 2.05) is 19.1 Å². The summed E-state index contributed by atoms with van der Waals surface area (Å²) >= 11 is 0. The van der Waals surface area contributed by atoms with Gasteiger partial charge in [-0.1, -0.05) is 0 Å². The Morgan fingerprint density at radius 3 is 2.39 bits per heavy atom. The van der Waals surface area contributed by atoms with Crippen LogP contribution in [0.5, 0.6) is 17.5 Å². The van der Waals surface area contributed by atoms with Gasteiger partial charge in [-0.25, -0.2) is 4.98 Å². The summed E-state index contributed by atoms with van der Waals surface area (Å²) in [7, 11) is 4.85. The lowest BCUT2D eigenvalue weighted by atomic mass is 10.1. The molecule has 0 atom stereocenters. The minimum atomic E-state index is 0.473. The molecule has 1 aromatic heterocycles. The van der Waals surface area contributed by atoms with Crippen LogP contribution in [0.25, 0.3) is 11.3 Å². The van der Waals surface area contributed by atoms with Crippen LogP contribution in [0.4, 0.5) is 0 Å². The van der Waals surface area contributed by atoms with Crippen molar-refractivity contribution in [2.45, 2.75) is 6.92 Å². The number of benzene rings is 1. The number of rotatable bonds is 4. The smallest absolute Gasteiger partial charge is 0.293 e.